The van der Waals surface area contributed by atoms with Crippen molar-refractivity contribution in [1.82, 2.24) is 0 Å². The van der Waals surface area contributed by atoms with Crippen LogP contribution in [0.3, 0.4) is 0 Å². The molecular weight excluding hydrogens is 306 g/mol. The number of rotatable bonds is 3. The zero-order chi connectivity index (χ0) is 15.6. The quantitative estimate of drug-likeness (QED) is 0.692. The highest BCUT2D eigenvalue weighted by molar-refractivity contribution is 6.36. The lowest BCUT2D eigenvalue weighted by atomic mass is 10.1. The van der Waals surface area contributed by atoms with Crippen molar-refractivity contribution < 1.29 is 18.5 Å². The average Bonchev–Trinajstić information content (AvgIpc) is 2.42. The molecule has 21 heavy (non-hydrogen) atoms. The van der Waals surface area contributed by atoms with E-state index in [0.717, 1.165) is 24.3 Å². The van der Waals surface area contributed by atoms with Crippen LogP contribution in [0.25, 0.3) is 0 Å². The summed E-state index contributed by atoms with van der Waals surface area (Å²) < 4.78 is 26.4. The third-order valence-electron chi connectivity index (χ3n) is 2.60. The maximum Gasteiger partial charge on any atom is 0.288 e. The van der Waals surface area contributed by atoms with Crippen LogP contribution in [-0.2, 0) is 0 Å². The summed E-state index contributed by atoms with van der Waals surface area (Å²) in [5.41, 5.74) is -1.05. The van der Waals surface area contributed by atoms with Gasteiger partial charge in [-0.25, -0.2) is 8.78 Å². The number of anilines is 1. The Morgan fingerprint density at radius 1 is 1.24 bits per heavy atom. The smallest absolute Gasteiger partial charge is 0.288 e. The number of carbonyl (C=O) groups is 1. The lowest BCUT2D eigenvalue weighted by Crippen LogP contribution is -2.14. The van der Waals surface area contributed by atoms with Crippen LogP contribution in [0.4, 0.5) is 20.2 Å². The van der Waals surface area contributed by atoms with Crippen molar-refractivity contribution in [2.75, 3.05) is 5.32 Å². The summed E-state index contributed by atoms with van der Waals surface area (Å²) in [5, 5.41) is 12.5. The average molecular weight is 313 g/mol. The summed E-state index contributed by atoms with van der Waals surface area (Å²) in [5.74, 6) is -2.46. The molecular formula is C13H7ClF2N2O3. The van der Waals surface area contributed by atoms with Gasteiger partial charge in [-0.3, -0.25) is 14.9 Å². The molecule has 5 nitrogen and oxygen atoms in total. The Hall–Kier alpha value is -2.54. The number of hydrogen-bond donors (Lipinski definition) is 1. The van der Waals surface area contributed by atoms with Gasteiger partial charge in [0, 0.05) is 12.1 Å². The molecule has 1 N–H and O–H groups in total. The Labute approximate surface area is 122 Å². The Kier molecular flexibility index (Phi) is 4.13. The first-order chi connectivity index (χ1) is 9.90. The summed E-state index contributed by atoms with van der Waals surface area (Å²) >= 11 is 5.77. The van der Waals surface area contributed by atoms with Gasteiger partial charge in [0.15, 0.2) is 0 Å². The highest BCUT2D eigenvalue weighted by Gasteiger charge is 2.20. The van der Waals surface area contributed by atoms with Gasteiger partial charge in [-0.05, 0) is 18.2 Å². The highest BCUT2D eigenvalue weighted by Crippen LogP contribution is 2.28. The van der Waals surface area contributed by atoms with Crippen molar-refractivity contribution in [2.24, 2.45) is 0 Å². The number of nitro benzene ring substituents is 1. The summed E-state index contributed by atoms with van der Waals surface area (Å²) in [6.45, 7) is 0. The molecule has 0 aromatic heterocycles. The molecule has 0 unspecified atom stereocenters. The Bertz CT molecular complexity index is 737. The van der Waals surface area contributed by atoms with E-state index in [4.69, 9.17) is 11.6 Å². The van der Waals surface area contributed by atoms with Crippen molar-refractivity contribution in [1.29, 1.82) is 0 Å². The van der Waals surface area contributed by atoms with Crippen LogP contribution in [0.1, 0.15) is 10.4 Å². The Morgan fingerprint density at radius 3 is 2.62 bits per heavy atom. The molecule has 0 fully saturated rings. The van der Waals surface area contributed by atoms with Gasteiger partial charge in [0.25, 0.3) is 11.6 Å². The summed E-state index contributed by atoms with van der Waals surface area (Å²) in [6, 6.07) is 6.16. The molecule has 0 atom stereocenters. The minimum Gasteiger partial charge on any atom is -0.319 e. The molecule has 2 aromatic carbocycles. The van der Waals surface area contributed by atoms with Crippen LogP contribution in [0.2, 0.25) is 5.02 Å². The molecule has 0 aliphatic rings. The molecule has 0 heterocycles. The second-order valence-corrected chi connectivity index (χ2v) is 4.35. The minimum absolute atomic E-state index is 0.213. The second kappa shape index (κ2) is 5.84. The van der Waals surface area contributed by atoms with Crippen molar-refractivity contribution in [3.8, 4) is 0 Å². The van der Waals surface area contributed by atoms with Crippen LogP contribution in [0.5, 0.6) is 0 Å². The molecule has 1 amide bonds. The van der Waals surface area contributed by atoms with E-state index >= 15 is 0 Å². The van der Waals surface area contributed by atoms with Crippen LogP contribution in [0, 0.1) is 21.7 Å². The monoisotopic (exact) mass is 312 g/mol. The molecule has 0 spiro atoms. The molecule has 2 aromatic rings. The predicted molar refractivity (Wildman–Crippen MR) is 72.4 cm³/mol. The number of nitrogens with zero attached hydrogens (tertiary/aromatic N) is 1. The highest BCUT2D eigenvalue weighted by atomic mass is 35.5. The number of amides is 1. The third kappa shape index (κ3) is 3.14. The van der Waals surface area contributed by atoms with E-state index in [-0.39, 0.29) is 16.3 Å². The zero-order valence-electron chi connectivity index (χ0n) is 10.3. The fraction of sp³-hybridized carbons (Fsp3) is 0. The molecule has 2 rings (SSSR count). The number of halogens is 3. The first-order valence-electron chi connectivity index (χ1n) is 5.59. The maximum absolute atomic E-state index is 13.4. The van der Waals surface area contributed by atoms with E-state index in [1.165, 1.54) is 12.1 Å². The van der Waals surface area contributed by atoms with Crippen LogP contribution >= 0.6 is 11.6 Å². The van der Waals surface area contributed by atoms with Crippen molar-refractivity contribution in [3.63, 3.8) is 0 Å². The molecule has 0 bridgehead atoms. The number of carbonyl (C=O) groups excluding carboxylic acids is 1. The zero-order valence-corrected chi connectivity index (χ0v) is 11.0. The lowest BCUT2D eigenvalue weighted by Gasteiger charge is -2.08. The standard InChI is InChI=1S/C13H7ClF2N2O3/c14-12-8(2-1-3-11(12)18(20)21)13(19)17-10-6-7(15)4-5-9(10)16/h1-6H,(H,17,19). The molecule has 0 radical (unpaired) electrons. The van der Waals surface area contributed by atoms with Crippen LogP contribution in [-0.4, -0.2) is 10.8 Å². The second-order valence-electron chi connectivity index (χ2n) is 3.97. The van der Waals surface area contributed by atoms with Crippen LogP contribution in [0.15, 0.2) is 36.4 Å². The van der Waals surface area contributed by atoms with Crippen molar-refractivity contribution >= 4 is 28.9 Å². The largest absolute Gasteiger partial charge is 0.319 e. The SMILES string of the molecule is O=C(Nc1cc(F)ccc1F)c1cccc([N+](=O)[O-])c1Cl. The van der Waals surface area contributed by atoms with Gasteiger partial charge in [0.05, 0.1) is 16.2 Å². The fourth-order valence-electron chi connectivity index (χ4n) is 1.62. The molecule has 0 aliphatic heterocycles. The summed E-state index contributed by atoms with van der Waals surface area (Å²) in [6.07, 6.45) is 0. The molecule has 0 aliphatic carbocycles. The maximum atomic E-state index is 13.4. The van der Waals surface area contributed by atoms with E-state index in [1.54, 1.807) is 0 Å². The van der Waals surface area contributed by atoms with Crippen molar-refractivity contribution in [3.05, 3.63) is 68.7 Å². The summed E-state index contributed by atoms with van der Waals surface area (Å²) in [4.78, 5) is 22.0. The van der Waals surface area contributed by atoms with Crippen molar-refractivity contribution in [2.45, 2.75) is 0 Å². The Balaban J connectivity index is 2.35. The van der Waals surface area contributed by atoms with Gasteiger partial charge in [0.1, 0.15) is 16.7 Å². The van der Waals surface area contributed by atoms with E-state index in [0.29, 0.717) is 0 Å². The van der Waals surface area contributed by atoms with E-state index in [1.807, 2.05) is 0 Å². The van der Waals surface area contributed by atoms with Gasteiger partial charge in [-0.1, -0.05) is 17.7 Å². The lowest BCUT2D eigenvalue weighted by molar-refractivity contribution is -0.384. The van der Waals surface area contributed by atoms with Gasteiger partial charge in [-0.2, -0.15) is 0 Å². The third-order valence-corrected chi connectivity index (χ3v) is 2.99. The van der Waals surface area contributed by atoms with Gasteiger partial charge < -0.3 is 5.32 Å². The normalized spacial score (nSPS) is 10.2. The van der Waals surface area contributed by atoms with Crippen LogP contribution < -0.4 is 5.32 Å². The molecule has 0 saturated carbocycles. The van der Waals surface area contributed by atoms with Gasteiger partial charge in [-0.15, -0.1) is 0 Å². The minimum atomic E-state index is -0.881. The summed E-state index contributed by atoms with van der Waals surface area (Å²) in [7, 11) is 0. The van der Waals surface area contributed by atoms with E-state index < -0.39 is 28.2 Å². The first-order valence-corrected chi connectivity index (χ1v) is 5.97. The predicted octanol–water partition coefficient (Wildman–Crippen LogP) is 3.78. The number of hydrogen-bond acceptors (Lipinski definition) is 3. The topological polar surface area (TPSA) is 72.2 Å². The molecule has 8 heteroatoms. The Morgan fingerprint density at radius 2 is 1.95 bits per heavy atom. The number of nitrogens with one attached hydrogen (secondary N) is 1. The van der Waals surface area contributed by atoms with E-state index in [2.05, 4.69) is 5.32 Å². The van der Waals surface area contributed by atoms with E-state index in [9.17, 15) is 23.7 Å². The first kappa shape index (κ1) is 14.9. The molecule has 0 saturated heterocycles. The number of nitro groups is 1. The van der Waals surface area contributed by atoms with Gasteiger partial charge >= 0.3 is 0 Å². The van der Waals surface area contributed by atoms with Gasteiger partial charge in [0.2, 0.25) is 0 Å². The number of benzene rings is 2. The molecule has 108 valence electrons. The fourth-order valence-corrected chi connectivity index (χ4v) is 1.90.